The third kappa shape index (κ3) is 7.05. The quantitative estimate of drug-likeness (QED) is 0.481. The van der Waals surface area contributed by atoms with Gasteiger partial charge in [-0.2, -0.15) is 0 Å². The van der Waals surface area contributed by atoms with Gasteiger partial charge in [0.25, 0.3) is 5.91 Å². The van der Waals surface area contributed by atoms with Crippen LogP contribution in [0, 0.1) is 5.82 Å². The number of amides is 1. The van der Waals surface area contributed by atoms with Gasteiger partial charge in [-0.1, -0.05) is 18.6 Å². The Morgan fingerprint density at radius 1 is 1.09 bits per heavy atom. The highest BCUT2D eigenvalue weighted by molar-refractivity contribution is 5.94. The van der Waals surface area contributed by atoms with Crippen LogP contribution in [0.3, 0.4) is 0 Å². The molecule has 2 aliphatic rings. The lowest BCUT2D eigenvalue weighted by Gasteiger charge is -2.36. The maximum absolute atomic E-state index is 13.0. The monoisotopic (exact) mass is 465 g/mol. The minimum atomic E-state index is -0.249. The first kappa shape index (κ1) is 24.2. The van der Waals surface area contributed by atoms with Crippen molar-refractivity contribution in [2.75, 3.05) is 38.0 Å². The van der Waals surface area contributed by atoms with E-state index in [0.29, 0.717) is 30.6 Å². The second-order valence-electron chi connectivity index (χ2n) is 9.24. The third-order valence-corrected chi connectivity index (χ3v) is 6.45. The summed E-state index contributed by atoms with van der Waals surface area (Å²) in [6.45, 7) is 6.68. The van der Waals surface area contributed by atoms with Gasteiger partial charge in [0.15, 0.2) is 0 Å². The molecular formula is C27H36FN5O. The van der Waals surface area contributed by atoms with Gasteiger partial charge >= 0.3 is 0 Å². The number of hydrogen-bond donors (Lipinski definition) is 4. The van der Waals surface area contributed by atoms with E-state index in [1.807, 2.05) is 24.3 Å². The number of piperazine rings is 1. The zero-order valence-corrected chi connectivity index (χ0v) is 19.9. The summed E-state index contributed by atoms with van der Waals surface area (Å²) in [7, 11) is 0. The Morgan fingerprint density at radius 2 is 1.88 bits per heavy atom. The SMILES string of the molecule is C[C@H]1CN(/C(=C\C2CCCCN2)Nc2ccc(C(=O)NCCc3ccc(F)cc3)cc2)CCN1. The van der Waals surface area contributed by atoms with Crippen molar-refractivity contribution in [2.45, 2.75) is 44.7 Å². The van der Waals surface area contributed by atoms with E-state index in [1.165, 1.54) is 25.0 Å². The molecule has 2 aromatic carbocycles. The second-order valence-corrected chi connectivity index (χ2v) is 9.24. The average Bonchev–Trinajstić information content (AvgIpc) is 2.86. The number of hydrogen-bond acceptors (Lipinski definition) is 5. The van der Waals surface area contributed by atoms with E-state index in [-0.39, 0.29) is 11.7 Å². The smallest absolute Gasteiger partial charge is 0.251 e. The Kier molecular flexibility index (Phi) is 8.55. The van der Waals surface area contributed by atoms with Gasteiger partial charge < -0.3 is 26.2 Å². The predicted octanol–water partition coefficient (Wildman–Crippen LogP) is 3.49. The Morgan fingerprint density at radius 3 is 2.59 bits per heavy atom. The molecule has 2 aliphatic heterocycles. The maximum atomic E-state index is 13.0. The molecule has 1 unspecified atom stereocenters. The Hall–Kier alpha value is -2.90. The van der Waals surface area contributed by atoms with Crippen molar-refractivity contribution in [2.24, 2.45) is 0 Å². The lowest BCUT2D eigenvalue weighted by Crippen LogP contribution is -2.50. The van der Waals surface area contributed by atoms with Crippen LogP contribution < -0.4 is 21.3 Å². The zero-order chi connectivity index (χ0) is 23.8. The summed E-state index contributed by atoms with van der Waals surface area (Å²) < 4.78 is 13.0. The first-order chi connectivity index (χ1) is 16.6. The molecule has 0 saturated carbocycles. The van der Waals surface area contributed by atoms with E-state index in [0.717, 1.165) is 49.7 Å². The molecule has 1 amide bonds. The Bertz CT molecular complexity index is 954. The fourth-order valence-corrected chi connectivity index (χ4v) is 4.52. The molecule has 34 heavy (non-hydrogen) atoms. The molecular weight excluding hydrogens is 429 g/mol. The molecule has 0 radical (unpaired) electrons. The number of carbonyl (C=O) groups is 1. The van der Waals surface area contributed by atoms with Crippen molar-refractivity contribution in [3.8, 4) is 0 Å². The van der Waals surface area contributed by atoms with E-state index in [9.17, 15) is 9.18 Å². The average molecular weight is 466 g/mol. The third-order valence-electron chi connectivity index (χ3n) is 6.45. The van der Waals surface area contributed by atoms with Crippen LogP contribution in [0.25, 0.3) is 0 Å². The second kappa shape index (κ2) is 12.0. The van der Waals surface area contributed by atoms with Gasteiger partial charge in [0, 0.05) is 49.5 Å². The molecule has 2 heterocycles. The summed E-state index contributed by atoms with van der Waals surface area (Å²) >= 11 is 0. The molecule has 2 aromatic rings. The van der Waals surface area contributed by atoms with Gasteiger partial charge in [-0.25, -0.2) is 4.39 Å². The minimum Gasteiger partial charge on any atom is -0.356 e. The maximum Gasteiger partial charge on any atom is 0.251 e. The fraction of sp³-hybridized carbons (Fsp3) is 0.444. The van der Waals surface area contributed by atoms with Crippen molar-refractivity contribution >= 4 is 11.6 Å². The topological polar surface area (TPSA) is 68.4 Å². The molecule has 2 fully saturated rings. The summed E-state index contributed by atoms with van der Waals surface area (Å²) in [5, 5.41) is 13.7. The molecule has 7 heteroatoms. The van der Waals surface area contributed by atoms with Crippen LogP contribution in [0.1, 0.15) is 42.1 Å². The molecule has 4 rings (SSSR count). The van der Waals surface area contributed by atoms with Crippen LogP contribution in [0.5, 0.6) is 0 Å². The molecule has 2 saturated heterocycles. The Balaban J connectivity index is 1.36. The Labute approximate surface area is 202 Å². The summed E-state index contributed by atoms with van der Waals surface area (Å²) in [5.41, 5.74) is 2.59. The lowest BCUT2D eigenvalue weighted by atomic mass is 10.0. The number of benzene rings is 2. The number of anilines is 1. The largest absolute Gasteiger partial charge is 0.356 e. The molecule has 0 spiro atoms. The number of nitrogens with one attached hydrogen (secondary N) is 4. The van der Waals surface area contributed by atoms with E-state index >= 15 is 0 Å². The number of rotatable bonds is 8. The van der Waals surface area contributed by atoms with Crippen LogP contribution >= 0.6 is 0 Å². The van der Waals surface area contributed by atoms with E-state index in [1.54, 1.807) is 12.1 Å². The van der Waals surface area contributed by atoms with Crippen molar-refractivity contribution in [1.29, 1.82) is 0 Å². The highest BCUT2D eigenvalue weighted by atomic mass is 19.1. The van der Waals surface area contributed by atoms with E-state index < -0.39 is 0 Å². The van der Waals surface area contributed by atoms with Crippen LogP contribution in [0.4, 0.5) is 10.1 Å². The van der Waals surface area contributed by atoms with Gasteiger partial charge in [0.2, 0.25) is 0 Å². The molecule has 0 aliphatic carbocycles. The zero-order valence-electron chi connectivity index (χ0n) is 19.9. The number of halogens is 1. The van der Waals surface area contributed by atoms with Gasteiger partial charge in [0.05, 0.1) is 0 Å². The molecule has 6 nitrogen and oxygen atoms in total. The highest BCUT2D eigenvalue weighted by Gasteiger charge is 2.20. The highest BCUT2D eigenvalue weighted by Crippen LogP contribution is 2.18. The molecule has 182 valence electrons. The van der Waals surface area contributed by atoms with E-state index in [2.05, 4.69) is 39.2 Å². The molecule has 0 bridgehead atoms. The summed E-state index contributed by atoms with van der Waals surface area (Å²) in [4.78, 5) is 15.0. The van der Waals surface area contributed by atoms with Crippen molar-refractivity contribution in [3.63, 3.8) is 0 Å². The van der Waals surface area contributed by atoms with Gasteiger partial charge in [-0.05, 0) is 80.8 Å². The number of nitrogens with zero attached hydrogens (tertiary/aromatic N) is 1. The summed E-state index contributed by atoms with van der Waals surface area (Å²) in [6, 6.07) is 14.8. The van der Waals surface area contributed by atoms with Crippen molar-refractivity contribution in [3.05, 3.63) is 77.4 Å². The number of piperidine rings is 1. The molecule has 4 N–H and O–H groups in total. The van der Waals surface area contributed by atoms with Crippen LogP contribution in [0.2, 0.25) is 0 Å². The van der Waals surface area contributed by atoms with E-state index in [4.69, 9.17) is 0 Å². The van der Waals surface area contributed by atoms with Crippen molar-refractivity contribution < 1.29 is 9.18 Å². The first-order valence-corrected chi connectivity index (χ1v) is 12.4. The van der Waals surface area contributed by atoms with Crippen LogP contribution in [0.15, 0.2) is 60.4 Å². The molecule has 2 atom stereocenters. The van der Waals surface area contributed by atoms with Gasteiger partial charge in [0.1, 0.15) is 11.6 Å². The lowest BCUT2D eigenvalue weighted by molar-refractivity contribution is 0.0954. The van der Waals surface area contributed by atoms with Crippen LogP contribution in [-0.2, 0) is 6.42 Å². The number of carbonyl (C=O) groups excluding carboxylic acids is 1. The van der Waals surface area contributed by atoms with Gasteiger partial charge in [-0.15, -0.1) is 0 Å². The summed E-state index contributed by atoms with van der Waals surface area (Å²) in [6.07, 6.45) is 6.64. The summed E-state index contributed by atoms with van der Waals surface area (Å²) in [5.74, 6) is 0.775. The van der Waals surface area contributed by atoms with Crippen molar-refractivity contribution in [1.82, 2.24) is 20.9 Å². The predicted molar refractivity (Wildman–Crippen MR) is 135 cm³/mol. The van der Waals surface area contributed by atoms with Gasteiger partial charge in [-0.3, -0.25) is 4.79 Å². The fourth-order valence-electron chi connectivity index (χ4n) is 4.52. The normalized spacial score (nSPS) is 21.2. The minimum absolute atomic E-state index is 0.105. The standard InChI is InChI=1S/C27H36FN5O/c1-20-19-33(17-16-29-20)26(18-25-4-2-3-14-30-25)32-24-11-7-22(8-12-24)27(34)31-15-13-21-5-9-23(28)10-6-21/h5-12,18,20,25,29-30,32H,2-4,13-17,19H2,1H3,(H,31,34)/b26-18-/t20-,25?/m0/s1. The molecule has 0 aromatic heterocycles. The first-order valence-electron chi connectivity index (χ1n) is 12.4. The van der Waals surface area contributed by atoms with Crippen LogP contribution in [-0.4, -0.2) is 55.6 Å².